The molecule has 27 heavy (non-hydrogen) atoms. The van der Waals surface area contributed by atoms with E-state index in [9.17, 15) is 13.7 Å². The molecule has 9 heteroatoms. The Kier molecular flexibility index (Phi) is 6.49. The molecule has 0 aromatic heterocycles. The monoisotopic (exact) mass is 531 g/mol. The standard InChI is InChI=1S/C18H16Br2ClN3O2S/c19-14-5-6-16(20)18(9-14)27(25,26)24(15-7-8-23(11-15)12-22)10-13-3-1-2-4-17(13)21/h1-6,9,15H,7-8,10-11H2/t15-/m1/s1. The van der Waals surface area contributed by atoms with E-state index in [-0.39, 0.29) is 17.5 Å². The van der Waals surface area contributed by atoms with Gasteiger partial charge in [0.1, 0.15) is 0 Å². The summed E-state index contributed by atoms with van der Waals surface area (Å²) in [4.78, 5) is 1.76. The fourth-order valence-corrected chi connectivity index (χ4v) is 6.36. The Labute approximate surface area is 180 Å². The van der Waals surface area contributed by atoms with E-state index >= 15 is 0 Å². The Morgan fingerprint density at radius 3 is 2.67 bits per heavy atom. The van der Waals surface area contributed by atoms with Crippen LogP contribution >= 0.6 is 43.5 Å². The number of nitriles is 1. The third kappa shape index (κ3) is 4.49. The van der Waals surface area contributed by atoms with Gasteiger partial charge in [-0.2, -0.15) is 9.57 Å². The lowest BCUT2D eigenvalue weighted by Crippen LogP contribution is -2.41. The van der Waals surface area contributed by atoms with Gasteiger partial charge in [-0.15, -0.1) is 0 Å². The van der Waals surface area contributed by atoms with Gasteiger partial charge in [0, 0.05) is 39.6 Å². The largest absolute Gasteiger partial charge is 0.309 e. The van der Waals surface area contributed by atoms with Crippen LogP contribution in [0.1, 0.15) is 12.0 Å². The predicted molar refractivity (Wildman–Crippen MR) is 112 cm³/mol. The fourth-order valence-electron chi connectivity index (χ4n) is 3.07. The number of nitrogens with zero attached hydrogens (tertiary/aromatic N) is 3. The molecule has 0 amide bonds. The van der Waals surface area contributed by atoms with Gasteiger partial charge in [-0.3, -0.25) is 0 Å². The van der Waals surface area contributed by atoms with Gasteiger partial charge in [-0.05, 0) is 52.2 Å². The van der Waals surface area contributed by atoms with E-state index in [1.54, 1.807) is 29.2 Å². The summed E-state index contributed by atoms with van der Waals surface area (Å²) in [7, 11) is -3.82. The number of benzene rings is 2. The topological polar surface area (TPSA) is 64.4 Å². The summed E-state index contributed by atoms with van der Waals surface area (Å²) in [6.07, 6.45) is 2.69. The predicted octanol–water partition coefficient (Wildman–Crippen LogP) is 4.61. The molecule has 1 aliphatic heterocycles. The summed E-state index contributed by atoms with van der Waals surface area (Å²) in [5.74, 6) is 0. The number of hydrogen-bond donors (Lipinski definition) is 0. The summed E-state index contributed by atoms with van der Waals surface area (Å²) in [5, 5.41) is 9.69. The lowest BCUT2D eigenvalue weighted by Gasteiger charge is -2.28. The molecule has 0 N–H and O–H groups in total. The molecule has 0 bridgehead atoms. The molecule has 0 radical (unpaired) electrons. The van der Waals surface area contributed by atoms with Crippen molar-refractivity contribution < 1.29 is 8.42 Å². The normalized spacial score (nSPS) is 17.3. The second-order valence-electron chi connectivity index (χ2n) is 6.20. The van der Waals surface area contributed by atoms with Crippen molar-refractivity contribution in [1.82, 2.24) is 9.21 Å². The molecule has 0 unspecified atom stereocenters. The van der Waals surface area contributed by atoms with Crippen molar-refractivity contribution in [3.05, 3.63) is 62.0 Å². The smallest absolute Gasteiger partial charge is 0.244 e. The zero-order chi connectivity index (χ0) is 19.6. The average molecular weight is 534 g/mol. The van der Waals surface area contributed by atoms with E-state index in [2.05, 4.69) is 38.1 Å². The minimum absolute atomic E-state index is 0.144. The van der Waals surface area contributed by atoms with Gasteiger partial charge in [0.15, 0.2) is 6.19 Å². The van der Waals surface area contributed by atoms with Crippen LogP contribution in [0.3, 0.4) is 0 Å². The van der Waals surface area contributed by atoms with Crippen molar-refractivity contribution >= 4 is 53.5 Å². The number of hydrogen-bond acceptors (Lipinski definition) is 4. The van der Waals surface area contributed by atoms with Gasteiger partial charge in [-0.25, -0.2) is 8.42 Å². The molecule has 1 atom stereocenters. The first kappa shape index (κ1) is 20.6. The highest BCUT2D eigenvalue weighted by Crippen LogP contribution is 2.32. The highest BCUT2D eigenvalue weighted by atomic mass is 79.9. The summed E-state index contributed by atoms with van der Waals surface area (Å²) in [5.41, 5.74) is 0.726. The molecule has 1 aliphatic rings. The first-order valence-corrected chi connectivity index (χ1v) is 11.6. The molecule has 3 rings (SSSR count). The van der Waals surface area contributed by atoms with Crippen molar-refractivity contribution in [3.63, 3.8) is 0 Å². The third-order valence-corrected chi connectivity index (χ3v) is 8.23. The summed E-state index contributed by atoms with van der Waals surface area (Å²) < 4.78 is 29.7. The fraction of sp³-hybridized carbons (Fsp3) is 0.278. The summed E-state index contributed by atoms with van der Waals surface area (Å²) >= 11 is 13.0. The third-order valence-electron chi connectivity index (χ3n) is 4.48. The minimum atomic E-state index is -3.82. The average Bonchev–Trinajstić information content (AvgIpc) is 3.11. The van der Waals surface area contributed by atoms with Gasteiger partial charge in [0.2, 0.25) is 10.0 Å². The maximum atomic E-state index is 13.5. The van der Waals surface area contributed by atoms with Crippen molar-refractivity contribution in [2.24, 2.45) is 0 Å². The zero-order valence-corrected chi connectivity index (χ0v) is 18.9. The van der Waals surface area contributed by atoms with Crippen LogP contribution in [0.15, 0.2) is 56.3 Å². The quantitative estimate of drug-likeness (QED) is 0.527. The minimum Gasteiger partial charge on any atom is -0.309 e. The molecular formula is C18H16Br2ClN3O2S. The maximum absolute atomic E-state index is 13.5. The van der Waals surface area contributed by atoms with Crippen molar-refractivity contribution in [1.29, 1.82) is 5.26 Å². The van der Waals surface area contributed by atoms with Crippen molar-refractivity contribution in [2.75, 3.05) is 13.1 Å². The number of sulfonamides is 1. The van der Waals surface area contributed by atoms with E-state index in [0.717, 1.165) is 5.56 Å². The highest BCUT2D eigenvalue weighted by molar-refractivity contribution is 9.11. The summed E-state index contributed by atoms with van der Waals surface area (Å²) in [6.45, 7) is 1.05. The molecule has 142 valence electrons. The Morgan fingerprint density at radius 2 is 2.00 bits per heavy atom. The van der Waals surface area contributed by atoms with Gasteiger partial charge in [0.25, 0.3) is 0 Å². The second kappa shape index (κ2) is 8.50. The molecule has 2 aromatic carbocycles. The maximum Gasteiger partial charge on any atom is 0.244 e. The zero-order valence-electron chi connectivity index (χ0n) is 14.1. The molecule has 5 nitrogen and oxygen atoms in total. The number of rotatable bonds is 5. The SMILES string of the molecule is N#CN1CC[C@@H](N(Cc2ccccc2Cl)S(=O)(=O)c2cc(Br)ccc2Br)C1. The molecule has 0 spiro atoms. The van der Waals surface area contributed by atoms with Gasteiger partial charge in [-0.1, -0.05) is 45.7 Å². The molecular weight excluding hydrogens is 518 g/mol. The Bertz CT molecular complexity index is 994. The lowest BCUT2D eigenvalue weighted by molar-refractivity contribution is 0.314. The van der Waals surface area contributed by atoms with Crippen LogP contribution in [-0.4, -0.2) is 36.8 Å². The van der Waals surface area contributed by atoms with Crippen LogP contribution in [0, 0.1) is 11.5 Å². The van der Waals surface area contributed by atoms with E-state index in [0.29, 0.717) is 33.5 Å². The van der Waals surface area contributed by atoms with Crippen molar-refractivity contribution in [3.8, 4) is 6.19 Å². The Hall–Kier alpha value is -1.11. The van der Waals surface area contributed by atoms with Crippen LogP contribution < -0.4 is 0 Å². The van der Waals surface area contributed by atoms with Crippen molar-refractivity contribution in [2.45, 2.75) is 23.9 Å². The molecule has 0 saturated carbocycles. The molecule has 1 saturated heterocycles. The Morgan fingerprint density at radius 1 is 1.26 bits per heavy atom. The van der Waals surface area contributed by atoms with Gasteiger partial charge >= 0.3 is 0 Å². The first-order valence-electron chi connectivity index (χ1n) is 8.18. The van der Waals surface area contributed by atoms with Crippen LogP contribution in [-0.2, 0) is 16.6 Å². The summed E-state index contributed by atoms with van der Waals surface area (Å²) in [6, 6.07) is 11.9. The number of likely N-dealkylation sites (tertiary alicyclic amines) is 1. The first-order chi connectivity index (χ1) is 12.8. The second-order valence-corrected chi connectivity index (χ2v) is 10.2. The van der Waals surface area contributed by atoms with Crippen LogP contribution in [0.2, 0.25) is 5.02 Å². The van der Waals surface area contributed by atoms with Gasteiger partial charge in [0.05, 0.1) is 4.90 Å². The molecule has 1 heterocycles. The van der Waals surface area contributed by atoms with Gasteiger partial charge < -0.3 is 4.90 Å². The lowest BCUT2D eigenvalue weighted by atomic mass is 10.2. The molecule has 2 aromatic rings. The van der Waals surface area contributed by atoms with Crippen LogP contribution in [0.4, 0.5) is 0 Å². The Balaban J connectivity index is 2.05. The number of halogens is 3. The van der Waals surface area contributed by atoms with E-state index < -0.39 is 10.0 Å². The molecule has 1 fully saturated rings. The van der Waals surface area contributed by atoms with E-state index in [1.165, 1.54) is 4.31 Å². The van der Waals surface area contributed by atoms with E-state index in [1.807, 2.05) is 18.2 Å². The van der Waals surface area contributed by atoms with E-state index in [4.69, 9.17) is 11.6 Å². The molecule has 0 aliphatic carbocycles. The van der Waals surface area contributed by atoms with Crippen LogP contribution in [0.5, 0.6) is 0 Å². The van der Waals surface area contributed by atoms with Crippen LogP contribution in [0.25, 0.3) is 0 Å². The highest BCUT2D eigenvalue weighted by Gasteiger charge is 2.37.